The van der Waals surface area contributed by atoms with E-state index in [1.165, 1.54) is 0 Å². The molecule has 16 heavy (non-hydrogen) atoms. The number of carbonyl (C=O) groups is 1. The zero-order valence-corrected chi connectivity index (χ0v) is 11.1. The average molecular weight is 231 g/mol. The molecule has 96 valence electrons. The number of methoxy groups -OCH3 is 1. The Morgan fingerprint density at radius 1 is 1.31 bits per heavy atom. The summed E-state index contributed by atoms with van der Waals surface area (Å²) < 4.78 is 10.1. The van der Waals surface area contributed by atoms with Crippen LogP contribution in [-0.2, 0) is 14.3 Å². The molecule has 0 radical (unpaired) electrons. The van der Waals surface area contributed by atoms with Crippen LogP contribution in [0.5, 0.6) is 0 Å². The first kappa shape index (κ1) is 15.4. The molecule has 0 aliphatic heterocycles. The normalized spacial score (nSPS) is 14.9. The van der Waals surface area contributed by atoms with E-state index in [1.54, 1.807) is 7.11 Å². The molecule has 0 aliphatic rings. The van der Waals surface area contributed by atoms with Crippen LogP contribution < -0.4 is 5.32 Å². The van der Waals surface area contributed by atoms with Crippen LogP contribution in [0.3, 0.4) is 0 Å². The molecule has 0 bridgehead atoms. The topological polar surface area (TPSA) is 47.6 Å². The summed E-state index contributed by atoms with van der Waals surface area (Å²) in [5.41, 5.74) is 0. The Morgan fingerprint density at radius 3 is 2.31 bits per heavy atom. The van der Waals surface area contributed by atoms with Crippen molar-refractivity contribution in [2.24, 2.45) is 5.92 Å². The summed E-state index contributed by atoms with van der Waals surface area (Å²) in [5, 5.41) is 3.29. The van der Waals surface area contributed by atoms with E-state index in [0.717, 1.165) is 6.42 Å². The van der Waals surface area contributed by atoms with E-state index in [2.05, 4.69) is 19.2 Å². The van der Waals surface area contributed by atoms with Crippen LogP contribution in [0.2, 0.25) is 0 Å². The van der Waals surface area contributed by atoms with E-state index in [0.29, 0.717) is 19.1 Å². The molecule has 4 heteroatoms. The summed E-state index contributed by atoms with van der Waals surface area (Å²) in [5.74, 6) is 0.246. The lowest BCUT2D eigenvalue weighted by Crippen LogP contribution is -2.48. The molecule has 2 atom stereocenters. The first-order valence-electron chi connectivity index (χ1n) is 5.98. The van der Waals surface area contributed by atoms with Crippen molar-refractivity contribution in [1.82, 2.24) is 5.32 Å². The van der Waals surface area contributed by atoms with Crippen molar-refractivity contribution in [1.29, 1.82) is 0 Å². The average Bonchev–Trinajstić information content (AvgIpc) is 2.24. The standard InChI is InChI=1S/C12H25NO3/c1-6-10(12(14)16-7-2)13-11(8-15-5)9(3)4/h9-11,13H,6-8H2,1-5H3. The Balaban J connectivity index is 4.30. The van der Waals surface area contributed by atoms with Crippen LogP contribution in [-0.4, -0.2) is 38.4 Å². The van der Waals surface area contributed by atoms with Crippen molar-refractivity contribution in [3.05, 3.63) is 0 Å². The third-order valence-electron chi connectivity index (χ3n) is 2.55. The quantitative estimate of drug-likeness (QED) is 0.644. The summed E-state index contributed by atoms with van der Waals surface area (Å²) in [6, 6.07) is -0.0538. The third-order valence-corrected chi connectivity index (χ3v) is 2.55. The minimum Gasteiger partial charge on any atom is -0.465 e. The second-order valence-corrected chi connectivity index (χ2v) is 4.19. The molecule has 0 spiro atoms. The number of ether oxygens (including phenoxy) is 2. The highest BCUT2D eigenvalue weighted by Gasteiger charge is 2.23. The highest BCUT2D eigenvalue weighted by Crippen LogP contribution is 2.06. The molecule has 0 aliphatic carbocycles. The van der Waals surface area contributed by atoms with Crippen LogP contribution in [0.1, 0.15) is 34.1 Å². The maximum Gasteiger partial charge on any atom is 0.323 e. The highest BCUT2D eigenvalue weighted by atomic mass is 16.5. The predicted molar refractivity (Wildman–Crippen MR) is 64.3 cm³/mol. The fraction of sp³-hybridized carbons (Fsp3) is 0.917. The second kappa shape index (κ2) is 8.53. The third kappa shape index (κ3) is 5.47. The number of nitrogens with one attached hydrogen (secondary N) is 1. The lowest BCUT2D eigenvalue weighted by molar-refractivity contribution is -0.146. The maximum absolute atomic E-state index is 11.6. The molecular formula is C12H25NO3. The lowest BCUT2D eigenvalue weighted by Gasteiger charge is -2.26. The molecule has 0 saturated carbocycles. The first-order chi connectivity index (χ1) is 7.56. The van der Waals surface area contributed by atoms with Crippen LogP contribution in [0.4, 0.5) is 0 Å². The van der Waals surface area contributed by atoms with Gasteiger partial charge >= 0.3 is 5.97 Å². The van der Waals surface area contributed by atoms with E-state index in [1.807, 2.05) is 13.8 Å². The van der Waals surface area contributed by atoms with Crippen molar-refractivity contribution in [3.8, 4) is 0 Å². The molecule has 0 heterocycles. The molecule has 0 amide bonds. The minimum absolute atomic E-state index is 0.174. The van der Waals surface area contributed by atoms with E-state index >= 15 is 0 Å². The van der Waals surface area contributed by atoms with Gasteiger partial charge in [-0.25, -0.2) is 0 Å². The summed E-state index contributed by atoms with van der Waals surface area (Å²) in [7, 11) is 1.67. The molecule has 0 rings (SSSR count). The van der Waals surface area contributed by atoms with Crippen molar-refractivity contribution in [2.45, 2.75) is 46.2 Å². The van der Waals surface area contributed by atoms with Crippen molar-refractivity contribution in [2.75, 3.05) is 20.3 Å². The van der Waals surface area contributed by atoms with Gasteiger partial charge in [-0.15, -0.1) is 0 Å². The Labute approximate surface area is 98.7 Å². The van der Waals surface area contributed by atoms with Crippen molar-refractivity contribution < 1.29 is 14.3 Å². The molecule has 1 N–H and O–H groups in total. The molecule has 0 aromatic carbocycles. The van der Waals surface area contributed by atoms with Gasteiger partial charge in [0.25, 0.3) is 0 Å². The Hall–Kier alpha value is -0.610. The zero-order valence-electron chi connectivity index (χ0n) is 11.1. The fourth-order valence-electron chi connectivity index (χ4n) is 1.47. The van der Waals surface area contributed by atoms with Gasteiger partial charge in [0, 0.05) is 13.2 Å². The molecule has 0 aromatic heterocycles. The molecule has 2 unspecified atom stereocenters. The first-order valence-corrected chi connectivity index (χ1v) is 5.98. The van der Waals surface area contributed by atoms with E-state index < -0.39 is 0 Å². The maximum atomic E-state index is 11.6. The Bertz CT molecular complexity index is 195. The molecule has 4 nitrogen and oxygen atoms in total. The smallest absolute Gasteiger partial charge is 0.323 e. The van der Waals surface area contributed by atoms with E-state index in [4.69, 9.17) is 9.47 Å². The van der Waals surface area contributed by atoms with Gasteiger partial charge in [0.1, 0.15) is 6.04 Å². The van der Waals surface area contributed by atoms with Crippen molar-refractivity contribution in [3.63, 3.8) is 0 Å². The summed E-state index contributed by atoms with van der Waals surface area (Å²) in [4.78, 5) is 11.6. The van der Waals surface area contributed by atoms with Gasteiger partial charge in [-0.3, -0.25) is 10.1 Å². The van der Waals surface area contributed by atoms with Crippen LogP contribution in [0.25, 0.3) is 0 Å². The summed E-state index contributed by atoms with van der Waals surface area (Å²) in [6.45, 7) is 9.03. The van der Waals surface area contributed by atoms with Gasteiger partial charge in [-0.2, -0.15) is 0 Å². The predicted octanol–water partition coefficient (Wildman–Crippen LogP) is 1.59. The molecule has 0 saturated heterocycles. The number of hydrogen-bond donors (Lipinski definition) is 1. The van der Waals surface area contributed by atoms with Gasteiger partial charge in [-0.1, -0.05) is 20.8 Å². The lowest BCUT2D eigenvalue weighted by atomic mass is 10.0. The van der Waals surface area contributed by atoms with E-state index in [9.17, 15) is 4.79 Å². The molecule has 0 fully saturated rings. The molecular weight excluding hydrogens is 206 g/mol. The van der Waals surface area contributed by atoms with Gasteiger partial charge in [0.15, 0.2) is 0 Å². The van der Waals surface area contributed by atoms with Gasteiger partial charge in [-0.05, 0) is 19.3 Å². The van der Waals surface area contributed by atoms with Crippen LogP contribution >= 0.6 is 0 Å². The van der Waals surface area contributed by atoms with Gasteiger partial charge in [0.05, 0.1) is 13.2 Å². The van der Waals surface area contributed by atoms with Gasteiger partial charge < -0.3 is 9.47 Å². The highest BCUT2D eigenvalue weighted by molar-refractivity contribution is 5.75. The number of rotatable bonds is 8. The summed E-state index contributed by atoms with van der Waals surface area (Å²) >= 11 is 0. The monoisotopic (exact) mass is 231 g/mol. The largest absolute Gasteiger partial charge is 0.465 e. The number of esters is 1. The Kier molecular flexibility index (Phi) is 8.21. The summed E-state index contributed by atoms with van der Waals surface area (Å²) in [6.07, 6.45) is 0.728. The molecule has 0 aromatic rings. The zero-order chi connectivity index (χ0) is 12.6. The van der Waals surface area contributed by atoms with Crippen LogP contribution in [0, 0.1) is 5.92 Å². The van der Waals surface area contributed by atoms with Crippen LogP contribution in [0.15, 0.2) is 0 Å². The van der Waals surface area contributed by atoms with Gasteiger partial charge in [0.2, 0.25) is 0 Å². The number of hydrogen-bond acceptors (Lipinski definition) is 4. The van der Waals surface area contributed by atoms with E-state index in [-0.39, 0.29) is 18.1 Å². The fourth-order valence-corrected chi connectivity index (χ4v) is 1.47. The SMILES string of the molecule is CCOC(=O)C(CC)NC(COC)C(C)C. The Morgan fingerprint density at radius 2 is 1.94 bits per heavy atom. The number of carbonyl (C=O) groups excluding carboxylic acids is 1. The van der Waals surface area contributed by atoms with Crippen molar-refractivity contribution >= 4 is 5.97 Å². The second-order valence-electron chi connectivity index (χ2n) is 4.19. The minimum atomic E-state index is -0.234.